The molecule has 0 aliphatic carbocycles. The SMILES string of the molecule is C(#Cc1cc2ccccc2n1-c1ncccn1)c1ccccc1. The molecule has 3 nitrogen and oxygen atoms in total. The Morgan fingerprint density at radius 2 is 1.48 bits per heavy atom. The third-order valence-corrected chi connectivity index (χ3v) is 3.57. The van der Waals surface area contributed by atoms with Gasteiger partial charge in [-0.25, -0.2) is 9.97 Å². The van der Waals surface area contributed by atoms with Crippen LogP contribution in [0.4, 0.5) is 0 Å². The molecule has 0 saturated carbocycles. The first-order chi connectivity index (χ1) is 11.4. The Balaban J connectivity index is 1.92. The summed E-state index contributed by atoms with van der Waals surface area (Å²) in [5.74, 6) is 7.09. The van der Waals surface area contributed by atoms with Crippen LogP contribution in [0.25, 0.3) is 16.9 Å². The lowest BCUT2D eigenvalue weighted by molar-refractivity contribution is 0.951. The monoisotopic (exact) mass is 295 g/mol. The zero-order valence-electron chi connectivity index (χ0n) is 12.3. The van der Waals surface area contributed by atoms with Crippen molar-refractivity contribution in [3.8, 4) is 17.8 Å². The van der Waals surface area contributed by atoms with Gasteiger partial charge in [0, 0.05) is 23.3 Å². The number of aromatic nitrogens is 3. The molecular weight excluding hydrogens is 282 g/mol. The van der Waals surface area contributed by atoms with E-state index in [1.165, 1.54) is 0 Å². The van der Waals surface area contributed by atoms with Gasteiger partial charge in [-0.15, -0.1) is 0 Å². The second-order valence-corrected chi connectivity index (χ2v) is 5.09. The van der Waals surface area contributed by atoms with Gasteiger partial charge in [-0.1, -0.05) is 42.3 Å². The second-order valence-electron chi connectivity index (χ2n) is 5.09. The van der Waals surface area contributed by atoms with Crippen LogP contribution in [0, 0.1) is 11.8 Å². The van der Waals surface area contributed by atoms with Crippen LogP contribution >= 0.6 is 0 Å². The summed E-state index contributed by atoms with van der Waals surface area (Å²) in [6.45, 7) is 0. The van der Waals surface area contributed by atoms with Crippen molar-refractivity contribution in [1.82, 2.24) is 14.5 Å². The Hall–Kier alpha value is -3.38. The topological polar surface area (TPSA) is 30.7 Å². The number of benzene rings is 2. The van der Waals surface area contributed by atoms with E-state index in [1.54, 1.807) is 12.4 Å². The average Bonchev–Trinajstić information content (AvgIpc) is 3.00. The minimum atomic E-state index is 0.631. The van der Waals surface area contributed by atoms with Crippen molar-refractivity contribution in [3.05, 3.63) is 90.4 Å². The summed E-state index contributed by atoms with van der Waals surface area (Å²) < 4.78 is 1.99. The molecule has 3 heteroatoms. The molecule has 0 saturated heterocycles. The van der Waals surface area contributed by atoms with E-state index < -0.39 is 0 Å². The fraction of sp³-hybridized carbons (Fsp3) is 0. The Kier molecular flexibility index (Phi) is 3.34. The Bertz CT molecular complexity index is 1010. The Morgan fingerprint density at radius 1 is 0.739 bits per heavy atom. The number of para-hydroxylation sites is 1. The molecule has 108 valence electrons. The first-order valence-electron chi connectivity index (χ1n) is 7.37. The summed E-state index contributed by atoms with van der Waals surface area (Å²) in [6, 6.07) is 22.0. The molecule has 4 aromatic rings. The third-order valence-electron chi connectivity index (χ3n) is 3.57. The van der Waals surface area contributed by atoms with Crippen LogP contribution in [0.5, 0.6) is 0 Å². The van der Waals surface area contributed by atoms with Crippen molar-refractivity contribution in [3.63, 3.8) is 0 Å². The zero-order valence-corrected chi connectivity index (χ0v) is 12.3. The van der Waals surface area contributed by atoms with Crippen molar-refractivity contribution in [2.45, 2.75) is 0 Å². The van der Waals surface area contributed by atoms with Gasteiger partial charge >= 0.3 is 0 Å². The second kappa shape index (κ2) is 5.78. The standard InChI is InChI=1S/C20H13N3/c1-2-7-16(8-3-1)11-12-18-15-17-9-4-5-10-19(17)23(18)20-21-13-6-14-22-20/h1-10,13-15H. The van der Waals surface area contributed by atoms with E-state index in [0.717, 1.165) is 22.2 Å². The van der Waals surface area contributed by atoms with Crippen LogP contribution in [-0.2, 0) is 0 Å². The van der Waals surface area contributed by atoms with Gasteiger partial charge < -0.3 is 0 Å². The van der Waals surface area contributed by atoms with Crippen LogP contribution in [0.1, 0.15) is 11.3 Å². The third kappa shape index (κ3) is 2.58. The molecule has 0 N–H and O–H groups in total. The van der Waals surface area contributed by atoms with Gasteiger partial charge in [-0.05, 0) is 36.3 Å². The van der Waals surface area contributed by atoms with Crippen LogP contribution in [-0.4, -0.2) is 14.5 Å². The number of fused-ring (bicyclic) bond motifs is 1. The fourth-order valence-electron chi connectivity index (χ4n) is 2.53. The van der Waals surface area contributed by atoms with Gasteiger partial charge in [0.25, 0.3) is 0 Å². The highest BCUT2D eigenvalue weighted by molar-refractivity contribution is 5.84. The van der Waals surface area contributed by atoms with E-state index >= 15 is 0 Å². The summed E-state index contributed by atoms with van der Waals surface area (Å²) in [5.41, 5.74) is 2.91. The maximum Gasteiger partial charge on any atom is 0.235 e. The van der Waals surface area contributed by atoms with Gasteiger partial charge in [0.15, 0.2) is 0 Å². The molecule has 0 spiro atoms. The van der Waals surface area contributed by atoms with Gasteiger partial charge in [-0.3, -0.25) is 4.57 Å². The molecule has 23 heavy (non-hydrogen) atoms. The van der Waals surface area contributed by atoms with E-state index in [2.05, 4.69) is 40.0 Å². The average molecular weight is 295 g/mol. The summed E-state index contributed by atoms with van der Waals surface area (Å²) >= 11 is 0. The number of hydrogen-bond donors (Lipinski definition) is 0. The van der Waals surface area contributed by atoms with Crippen molar-refractivity contribution in [2.24, 2.45) is 0 Å². The first-order valence-corrected chi connectivity index (χ1v) is 7.37. The zero-order chi connectivity index (χ0) is 15.5. The molecule has 0 aliphatic heterocycles. The highest BCUT2D eigenvalue weighted by atomic mass is 15.1. The van der Waals surface area contributed by atoms with Crippen LogP contribution in [0.15, 0.2) is 79.1 Å². The molecule has 0 atom stereocenters. The molecule has 0 bridgehead atoms. The minimum absolute atomic E-state index is 0.631. The van der Waals surface area contributed by atoms with E-state index in [0.29, 0.717) is 5.95 Å². The molecule has 4 rings (SSSR count). The highest BCUT2D eigenvalue weighted by Crippen LogP contribution is 2.21. The summed E-state index contributed by atoms with van der Waals surface area (Å²) in [7, 11) is 0. The molecule has 2 aromatic carbocycles. The van der Waals surface area contributed by atoms with Crippen molar-refractivity contribution >= 4 is 10.9 Å². The summed E-state index contributed by atoms with van der Waals surface area (Å²) in [6.07, 6.45) is 3.48. The Labute approximate surface area is 134 Å². The molecule has 0 aliphatic rings. The van der Waals surface area contributed by atoms with E-state index in [9.17, 15) is 0 Å². The van der Waals surface area contributed by atoms with Crippen molar-refractivity contribution in [2.75, 3.05) is 0 Å². The van der Waals surface area contributed by atoms with Crippen LogP contribution in [0.2, 0.25) is 0 Å². The number of nitrogens with zero attached hydrogens (tertiary/aromatic N) is 3. The molecule has 0 radical (unpaired) electrons. The fourth-order valence-corrected chi connectivity index (χ4v) is 2.53. The summed E-state index contributed by atoms with van der Waals surface area (Å²) in [5, 5.41) is 1.12. The molecular formula is C20H13N3. The quantitative estimate of drug-likeness (QED) is 0.500. The minimum Gasteiger partial charge on any atom is -0.271 e. The predicted octanol–water partition coefficient (Wildman–Crippen LogP) is 3.82. The number of rotatable bonds is 1. The van der Waals surface area contributed by atoms with Gasteiger partial charge in [-0.2, -0.15) is 0 Å². The maximum atomic E-state index is 4.37. The van der Waals surface area contributed by atoms with Gasteiger partial charge in [0.05, 0.1) is 5.52 Å². The lowest BCUT2D eigenvalue weighted by Gasteiger charge is -2.04. The van der Waals surface area contributed by atoms with E-state index in [-0.39, 0.29) is 0 Å². The lowest BCUT2D eigenvalue weighted by atomic mass is 10.2. The van der Waals surface area contributed by atoms with Gasteiger partial charge in [0.1, 0.15) is 5.69 Å². The van der Waals surface area contributed by atoms with E-state index in [1.807, 2.05) is 53.1 Å². The van der Waals surface area contributed by atoms with E-state index in [4.69, 9.17) is 0 Å². The first kappa shape index (κ1) is 13.3. The molecule has 0 amide bonds. The van der Waals surface area contributed by atoms with Gasteiger partial charge in [0.2, 0.25) is 5.95 Å². The molecule has 2 aromatic heterocycles. The van der Waals surface area contributed by atoms with Crippen LogP contribution in [0.3, 0.4) is 0 Å². The largest absolute Gasteiger partial charge is 0.271 e. The summed E-state index contributed by atoms with van der Waals surface area (Å²) in [4.78, 5) is 8.74. The molecule has 0 unspecified atom stereocenters. The Morgan fingerprint density at radius 3 is 2.30 bits per heavy atom. The van der Waals surface area contributed by atoms with Crippen molar-refractivity contribution in [1.29, 1.82) is 0 Å². The molecule has 2 heterocycles. The smallest absolute Gasteiger partial charge is 0.235 e. The normalized spacial score (nSPS) is 10.3. The van der Waals surface area contributed by atoms with Crippen LogP contribution < -0.4 is 0 Å². The predicted molar refractivity (Wildman–Crippen MR) is 91.3 cm³/mol. The highest BCUT2D eigenvalue weighted by Gasteiger charge is 2.10. The van der Waals surface area contributed by atoms with Crippen molar-refractivity contribution < 1.29 is 0 Å². The molecule has 0 fully saturated rings. The number of hydrogen-bond acceptors (Lipinski definition) is 2. The maximum absolute atomic E-state index is 4.37. The lowest BCUT2D eigenvalue weighted by Crippen LogP contribution is -2.02.